The van der Waals surface area contributed by atoms with Crippen molar-refractivity contribution >= 4 is 11.9 Å². The molecule has 7 nitrogen and oxygen atoms in total. The van der Waals surface area contributed by atoms with Crippen molar-refractivity contribution in [3.05, 3.63) is 0 Å². The molecule has 0 aliphatic rings. The summed E-state index contributed by atoms with van der Waals surface area (Å²) >= 11 is 0. The Bertz CT molecular complexity index is 275. The van der Waals surface area contributed by atoms with E-state index < -0.39 is 18.0 Å². The predicted octanol–water partition coefficient (Wildman–Crippen LogP) is -8.34. The SMILES string of the molecule is CC#N.CC#N.N[C@@H](CCC(=O)[O-])C(=O)[O-].[K+].[K+]. The predicted molar refractivity (Wildman–Crippen MR) is 49.8 cm³/mol. The summed E-state index contributed by atoms with van der Waals surface area (Å²) < 4.78 is 0. The third-order valence-electron chi connectivity index (χ3n) is 0.962. The fraction of sp³-hybridized carbons (Fsp3) is 0.556. The standard InChI is InChI=1S/C5H9NO4.2C2H3N.2K/c6-3(5(9)10)1-2-4(7)8;2*1-2-3;;/h3H,1-2,6H2,(H,7,8)(H,9,10);2*1H3;;/q;;;2*+1/p-2/t3-;;;;/m0..../s1. The molecule has 0 rings (SSSR count). The number of carbonyl (C=O) groups is 2. The molecule has 1 atom stereocenters. The minimum Gasteiger partial charge on any atom is -0.550 e. The molecule has 9 heteroatoms. The number of hydrogen-bond donors (Lipinski definition) is 1. The molecule has 0 fully saturated rings. The van der Waals surface area contributed by atoms with Gasteiger partial charge in [-0.15, -0.1) is 0 Å². The van der Waals surface area contributed by atoms with Crippen LogP contribution in [-0.2, 0) is 9.59 Å². The first-order valence-corrected chi connectivity index (χ1v) is 4.15. The Morgan fingerprint density at radius 2 is 1.44 bits per heavy atom. The molecule has 0 heterocycles. The van der Waals surface area contributed by atoms with Crippen molar-refractivity contribution in [2.45, 2.75) is 32.7 Å². The van der Waals surface area contributed by atoms with Crippen LogP contribution in [0.5, 0.6) is 0 Å². The molecule has 0 radical (unpaired) electrons. The molecule has 0 unspecified atom stereocenters. The van der Waals surface area contributed by atoms with Crippen molar-refractivity contribution in [3.8, 4) is 12.1 Å². The van der Waals surface area contributed by atoms with Crippen molar-refractivity contribution in [1.29, 1.82) is 10.5 Å². The van der Waals surface area contributed by atoms with E-state index in [9.17, 15) is 19.8 Å². The summed E-state index contributed by atoms with van der Waals surface area (Å²) in [5.74, 6) is -2.75. The van der Waals surface area contributed by atoms with Crippen molar-refractivity contribution in [1.82, 2.24) is 0 Å². The molecule has 18 heavy (non-hydrogen) atoms. The molecule has 0 bridgehead atoms. The normalized spacial score (nSPS) is 7.83. The zero-order chi connectivity index (χ0) is 13.6. The average Bonchev–Trinajstić information content (AvgIpc) is 2.16. The number of hydrogen-bond acceptors (Lipinski definition) is 7. The van der Waals surface area contributed by atoms with E-state index in [2.05, 4.69) is 0 Å². The Labute approximate surface area is 192 Å². The molecule has 0 aliphatic heterocycles. The molecule has 0 aromatic rings. The number of carbonyl (C=O) groups excluding carboxylic acids is 2. The zero-order valence-corrected chi connectivity index (χ0v) is 17.3. The first-order valence-electron chi connectivity index (χ1n) is 4.15. The molecule has 0 saturated heterocycles. The van der Waals surface area contributed by atoms with Gasteiger partial charge in [0.15, 0.2) is 0 Å². The molecule has 0 amide bonds. The molecule has 0 aromatic carbocycles. The largest absolute Gasteiger partial charge is 1.00 e. The number of aliphatic carboxylic acids is 2. The van der Waals surface area contributed by atoms with Crippen LogP contribution in [0.1, 0.15) is 26.7 Å². The van der Waals surface area contributed by atoms with Crippen LogP contribution in [0.25, 0.3) is 0 Å². The molecule has 0 saturated carbocycles. The van der Waals surface area contributed by atoms with Crippen LogP contribution in [0.4, 0.5) is 0 Å². The Kier molecular flexibility index (Phi) is 46.7. The van der Waals surface area contributed by atoms with Crippen LogP contribution < -0.4 is 119 Å². The third kappa shape index (κ3) is 43.4. The maximum Gasteiger partial charge on any atom is 1.00 e. The Morgan fingerprint density at radius 3 is 1.61 bits per heavy atom. The second-order valence-electron chi connectivity index (χ2n) is 2.28. The molecule has 0 spiro atoms. The smallest absolute Gasteiger partial charge is 0.550 e. The van der Waals surface area contributed by atoms with Crippen LogP contribution >= 0.6 is 0 Å². The van der Waals surface area contributed by atoms with Crippen LogP contribution in [0.3, 0.4) is 0 Å². The number of nitriles is 2. The summed E-state index contributed by atoms with van der Waals surface area (Å²) in [6.07, 6.45) is -0.500. The number of carboxylic acid groups (broad SMARTS) is 2. The Morgan fingerprint density at radius 1 is 1.17 bits per heavy atom. The van der Waals surface area contributed by atoms with Crippen LogP contribution in [0.2, 0.25) is 0 Å². The van der Waals surface area contributed by atoms with Gasteiger partial charge < -0.3 is 25.5 Å². The van der Waals surface area contributed by atoms with E-state index in [0.29, 0.717) is 0 Å². The molecule has 0 aromatic heterocycles. The minimum atomic E-state index is -1.44. The number of nitrogens with two attached hydrogens (primary N) is 1. The molecule has 90 valence electrons. The summed E-state index contributed by atoms with van der Waals surface area (Å²) in [5.41, 5.74) is 4.91. The van der Waals surface area contributed by atoms with Crippen LogP contribution in [-0.4, -0.2) is 18.0 Å². The van der Waals surface area contributed by atoms with Gasteiger partial charge in [0, 0.05) is 25.9 Å². The number of nitrogens with zero attached hydrogens (tertiary/aromatic N) is 2. The summed E-state index contributed by atoms with van der Waals surface area (Å²) in [6.45, 7) is 2.86. The monoisotopic (exact) mass is 305 g/mol. The summed E-state index contributed by atoms with van der Waals surface area (Å²) in [7, 11) is 0. The van der Waals surface area contributed by atoms with Gasteiger partial charge in [0.25, 0.3) is 0 Å². The van der Waals surface area contributed by atoms with Gasteiger partial charge in [-0.05, 0) is 12.8 Å². The summed E-state index contributed by atoms with van der Waals surface area (Å²) in [6, 6.07) is 2.29. The number of rotatable bonds is 4. The third-order valence-corrected chi connectivity index (χ3v) is 0.962. The number of carboxylic acids is 2. The van der Waals surface area contributed by atoms with Gasteiger partial charge in [-0.3, -0.25) is 0 Å². The maximum absolute atomic E-state index is 9.86. The Balaban J connectivity index is -0.0000000603. The average molecular weight is 305 g/mol. The van der Waals surface area contributed by atoms with Crippen LogP contribution in [0, 0.1) is 22.7 Å². The van der Waals surface area contributed by atoms with E-state index in [4.69, 9.17) is 16.3 Å². The minimum absolute atomic E-state index is 0. The van der Waals surface area contributed by atoms with Crippen molar-refractivity contribution < 1.29 is 123 Å². The van der Waals surface area contributed by atoms with Gasteiger partial charge in [-0.2, -0.15) is 10.5 Å². The maximum atomic E-state index is 9.86. The fourth-order valence-corrected chi connectivity index (χ4v) is 0.391. The topological polar surface area (TPSA) is 154 Å². The van der Waals surface area contributed by atoms with Gasteiger partial charge in [0.1, 0.15) is 0 Å². The Hall–Kier alpha value is 1.15. The summed E-state index contributed by atoms with van der Waals surface area (Å²) in [5, 5.41) is 34.2. The molecular formula is C9H13K2N3O4. The van der Waals surface area contributed by atoms with E-state index >= 15 is 0 Å². The van der Waals surface area contributed by atoms with Gasteiger partial charge >= 0.3 is 103 Å². The first kappa shape index (κ1) is 31.5. The van der Waals surface area contributed by atoms with Crippen molar-refractivity contribution in [2.75, 3.05) is 0 Å². The van der Waals surface area contributed by atoms with E-state index in [1.54, 1.807) is 12.1 Å². The zero-order valence-electron chi connectivity index (χ0n) is 11.1. The molecular weight excluding hydrogens is 292 g/mol. The fourth-order valence-electron chi connectivity index (χ4n) is 0.391. The first-order chi connectivity index (χ1) is 7.37. The van der Waals surface area contributed by atoms with Crippen molar-refractivity contribution in [2.24, 2.45) is 5.73 Å². The second-order valence-corrected chi connectivity index (χ2v) is 2.28. The van der Waals surface area contributed by atoms with E-state index in [1.165, 1.54) is 13.8 Å². The van der Waals surface area contributed by atoms with Crippen LogP contribution in [0.15, 0.2) is 0 Å². The van der Waals surface area contributed by atoms with E-state index in [-0.39, 0.29) is 116 Å². The van der Waals surface area contributed by atoms with Crippen molar-refractivity contribution in [3.63, 3.8) is 0 Å². The molecule has 0 aliphatic carbocycles. The second kappa shape index (κ2) is 26.7. The van der Waals surface area contributed by atoms with Gasteiger partial charge in [-0.25, -0.2) is 0 Å². The van der Waals surface area contributed by atoms with E-state index in [0.717, 1.165) is 0 Å². The summed E-state index contributed by atoms with van der Waals surface area (Å²) in [4.78, 5) is 19.6. The van der Waals surface area contributed by atoms with E-state index in [1.807, 2.05) is 0 Å². The molecule has 2 N–H and O–H groups in total. The quantitative estimate of drug-likeness (QED) is 0.506. The van der Waals surface area contributed by atoms with Gasteiger partial charge in [0.05, 0.1) is 18.1 Å². The van der Waals surface area contributed by atoms with Gasteiger partial charge in [-0.1, -0.05) is 0 Å². The van der Waals surface area contributed by atoms with Gasteiger partial charge in [0.2, 0.25) is 0 Å².